The van der Waals surface area contributed by atoms with Crippen LogP contribution < -0.4 is 0 Å². The first-order valence-electron chi connectivity index (χ1n) is 9.47. The minimum absolute atomic E-state index is 0.0573. The normalized spacial score (nSPS) is 18.2. The molecule has 0 N–H and O–H groups in total. The smallest absolute Gasteiger partial charge is 0.233 e. The lowest BCUT2D eigenvalue weighted by atomic mass is 10.2. The van der Waals surface area contributed by atoms with E-state index in [4.69, 9.17) is 4.98 Å². The second-order valence-corrected chi connectivity index (χ2v) is 10.6. The number of benzene rings is 2. The molecule has 0 saturated carbocycles. The fraction of sp³-hybridized carbons (Fsp3) is 0.333. The predicted molar refractivity (Wildman–Crippen MR) is 116 cm³/mol. The van der Waals surface area contributed by atoms with Crippen LogP contribution in [0.1, 0.15) is 12.0 Å². The summed E-state index contributed by atoms with van der Waals surface area (Å²) in [5.74, 6) is 0.343. The van der Waals surface area contributed by atoms with E-state index in [0.29, 0.717) is 6.42 Å². The van der Waals surface area contributed by atoms with Gasteiger partial charge in [-0.2, -0.15) is 0 Å². The summed E-state index contributed by atoms with van der Waals surface area (Å²) in [6, 6.07) is 15.9. The lowest BCUT2D eigenvalue weighted by Gasteiger charge is -2.23. The van der Waals surface area contributed by atoms with Crippen LogP contribution in [0.25, 0.3) is 16.7 Å². The molecule has 8 heteroatoms. The number of sulfone groups is 1. The number of imidazole rings is 1. The van der Waals surface area contributed by atoms with E-state index in [-0.39, 0.29) is 29.2 Å². The molecule has 1 saturated heterocycles. The van der Waals surface area contributed by atoms with Crippen molar-refractivity contribution >= 4 is 38.5 Å². The SMILES string of the molecule is Cc1ccc(-n2c(SCC(=O)N(C)[C@H]3CCS(=O)(=O)C3)nc3ccccc32)cc1. The molecule has 0 aliphatic carbocycles. The average Bonchev–Trinajstić information content (AvgIpc) is 3.25. The summed E-state index contributed by atoms with van der Waals surface area (Å²) in [5.41, 5.74) is 4.03. The Morgan fingerprint density at radius 2 is 1.93 bits per heavy atom. The van der Waals surface area contributed by atoms with Gasteiger partial charge in [-0.05, 0) is 37.6 Å². The van der Waals surface area contributed by atoms with Crippen molar-refractivity contribution < 1.29 is 13.2 Å². The molecule has 4 rings (SSSR count). The standard InChI is InChI=1S/C21H23N3O3S2/c1-15-7-9-16(10-8-15)24-19-6-4-3-5-18(19)22-21(24)28-13-20(25)23(2)17-11-12-29(26,27)14-17/h3-10,17H,11-14H2,1-2H3/t17-/m0/s1. The van der Waals surface area contributed by atoms with Gasteiger partial charge in [-0.15, -0.1) is 0 Å². The third-order valence-electron chi connectivity index (χ3n) is 5.30. The molecule has 0 spiro atoms. The second-order valence-electron chi connectivity index (χ2n) is 7.40. The summed E-state index contributed by atoms with van der Waals surface area (Å²) in [5, 5.41) is 0.746. The van der Waals surface area contributed by atoms with Gasteiger partial charge in [-0.25, -0.2) is 13.4 Å². The molecule has 0 bridgehead atoms. The quantitative estimate of drug-likeness (QED) is 0.583. The summed E-state index contributed by atoms with van der Waals surface area (Å²) < 4.78 is 25.5. The zero-order valence-corrected chi connectivity index (χ0v) is 18.0. The number of para-hydroxylation sites is 2. The Bertz CT molecular complexity index is 1150. The van der Waals surface area contributed by atoms with Crippen LogP contribution >= 0.6 is 11.8 Å². The van der Waals surface area contributed by atoms with Gasteiger partial charge in [0.15, 0.2) is 15.0 Å². The molecule has 0 radical (unpaired) electrons. The van der Waals surface area contributed by atoms with Crippen LogP contribution in [0.15, 0.2) is 53.7 Å². The summed E-state index contributed by atoms with van der Waals surface area (Å²) >= 11 is 1.38. The van der Waals surface area contributed by atoms with E-state index in [2.05, 4.69) is 16.7 Å². The van der Waals surface area contributed by atoms with Crippen LogP contribution in [0.3, 0.4) is 0 Å². The van der Waals surface area contributed by atoms with Crippen LogP contribution in [0.2, 0.25) is 0 Å². The molecule has 1 fully saturated rings. The number of carbonyl (C=O) groups is 1. The molecule has 6 nitrogen and oxygen atoms in total. The number of carbonyl (C=O) groups excluding carboxylic acids is 1. The van der Waals surface area contributed by atoms with Crippen molar-refractivity contribution in [3.8, 4) is 5.69 Å². The van der Waals surface area contributed by atoms with Crippen LogP contribution in [0.5, 0.6) is 0 Å². The summed E-state index contributed by atoms with van der Waals surface area (Å²) in [4.78, 5) is 19.0. The number of fused-ring (bicyclic) bond motifs is 1. The average molecular weight is 430 g/mol. The third kappa shape index (κ3) is 4.18. The number of hydrogen-bond donors (Lipinski definition) is 0. The maximum atomic E-state index is 12.7. The van der Waals surface area contributed by atoms with Crippen molar-refractivity contribution in [2.45, 2.75) is 24.5 Å². The van der Waals surface area contributed by atoms with Gasteiger partial charge >= 0.3 is 0 Å². The van der Waals surface area contributed by atoms with Gasteiger partial charge in [0, 0.05) is 18.8 Å². The molecule has 29 heavy (non-hydrogen) atoms. The van der Waals surface area contributed by atoms with Gasteiger partial charge in [-0.3, -0.25) is 9.36 Å². The first kappa shape index (κ1) is 20.0. The first-order valence-corrected chi connectivity index (χ1v) is 12.3. The van der Waals surface area contributed by atoms with Gasteiger partial charge in [0.25, 0.3) is 0 Å². The van der Waals surface area contributed by atoms with E-state index in [1.165, 1.54) is 17.3 Å². The predicted octanol–water partition coefficient (Wildman–Crippen LogP) is 3.07. The van der Waals surface area contributed by atoms with E-state index in [1.807, 2.05) is 43.3 Å². The molecule has 152 valence electrons. The van der Waals surface area contributed by atoms with Crippen molar-refractivity contribution in [2.75, 3.05) is 24.3 Å². The number of hydrogen-bond acceptors (Lipinski definition) is 5. The number of nitrogens with zero attached hydrogens (tertiary/aromatic N) is 3. The largest absolute Gasteiger partial charge is 0.341 e. The zero-order valence-electron chi connectivity index (χ0n) is 16.4. The fourth-order valence-electron chi connectivity index (χ4n) is 3.56. The highest BCUT2D eigenvalue weighted by molar-refractivity contribution is 7.99. The van der Waals surface area contributed by atoms with Crippen molar-refractivity contribution in [1.82, 2.24) is 14.5 Å². The lowest BCUT2D eigenvalue weighted by molar-refractivity contribution is -0.128. The Morgan fingerprint density at radius 1 is 1.21 bits per heavy atom. The monoisotopic (exact) mass is 429 g/mol. The van der Waals surface area contributed by atoms with Crippen LogP contribution in [0, 0.1) is 6.92 Å². The minimum atomic E-state index is -3.02. The molecule has 2 heterocycles. The lowest BCUT2D eigenvalue weighted by Crippen LogP contribution is -2.38. The number of aromatic nitrogens is 2. The molecule has 1 aliphatic heterocycles. The maximum Gasteiger partial charge on any atom is 0.233 e. The number of rotatable bonds is 5. The van der Waals surface area contributed by atoms with Crippen LogP contribution in [-0.2, 0) is 14.6 Å². The van der Waals surface area contributed by atoms with E-state index in [0.717, 1.165) is 21.9 Å². The fourth-order valence-corrected chi connectivity index (χ4v) is 6.28. The first-order chi connectivity index (χ1) is 13.8. The third-order valence-corrected chi connectivity index (χ3v) is 7.97. The van der Waals surface area contributed by atoms with E-state index in [1.54, 1.807) is 11.9 Å². The van der Waals surface area contributed by atoms with Gasteiger partial charge in [0.1, 0.15) is 0 Å². The van der Waals surface area contributed by atoms with E-state index >= 15 is 0 Å². The molecule has 1 aromatic heterocycles. The summed E-state index contributed by atoms with van der Waals surface area (Å²) in [6.07, 6.45) is 0.511. The molecule has 1 atom stereocenters. The number of aryl methyl sites for hydroxylation is 1. The van der Waals surface area contributed by atoms with Gasteiger partial charge < -0.3 is 4.90 Å². The zero-order chi connectivity index (χ0) is 20.6. The van der Waals surface area contributed by atoms with Crippen molar-refractivity contribution in [3.63, 3.8) is 0 Å². The molecule has 1 amide bonds. The molecule has 1 aliphatic rings. The Kier molecular flexibility index (Phi) is 5.40. The maximum absolute atomic E-state index is 12.7. The highest BCUT2D eigenvalue weighted by Gasteiger charge is 2.32. The van der Waals surface area contributed by atoms with Gasteiger partial charge in [0.2, 0.25) is 5.91 Å². The van der Waals surface area contributed by atoms with Crippen LogP contribution in [-0.4, -0.2) is 59.1 Å². The van der Waals surface area contributed by atoms with Gasteiger partial charge in [-0.1, -0.05) is 41.6 Å². The van der Waals surface area contributed by atoms with Gasteiger partial charge in [0.05, 0.1) is 28.3 Å². The minimum Gasteiger partial charge on any atom is -0.341 e. The Morgan fingerprint density at radius 3 is 2.62 bits per heavy atom. The summed E-state index contributed by atoms with van der Waals surface area (Å²) in [6.45, 7) is 2.04. The van der Waals surface area contributed by atoms with E-state index in [9.17, 15) is 13.2 Å². The van der Waals surface area contributed by atoms with Crippen molar-refractivity contribution in [3.05, 3.63) is 54.1 Å². The highest BCUT2D eigenvalue weighted by atomic mass is 32.2. The number of amides is 1. The molecule has 2 aromatic carbocycles. The molecular weight excluding hydrogens is 406 g/mol. The van der Waals surface area contributed by atoms with Crippen LogP contribution in [0.4, 0.5) is 0 Å². The highest BCUT2D eigenvalue weighted by Crippen LogP contribution is 2.28. The topological polar surface area (TPSA) is 72.3 Å². The Balaban J connectivity index is 1.57. The second kappa shape index (κ2) is 7.84. The molecule has 3 aromatic rings. The molecule has 0 unspecified atom stereocenters. The number of thioether (sulfide) groups is 1. The Labute approximate surface area is 174 Å². The Hall–Kier alpha value is -2.32. The van der Waals surface area contributed by atoms with Crippen molar-refractivity contribution in [1.29, 1.82) is 0 Å². The molecular formula is C21H23N3O3S2. The van der Waals surface area contributed by atoms with E-state index < -0.39 is 9.84 Å². The summed E-state index contributed by atoms with van der Waals surface area (Å²) in [7, 11) is -1.33. The van der Waals surface area contributed by atoms with Crippen molar-refractivity contribution in [2.24, 2.45) is 0 Å².